The number of anilines is 1. The number of hydrogen-bond donors (Lipinski definition) is 1. The molecule has 1 aliphatic rings. The summed E-state index contributed by atoms with van der Waals surface area (Å²) in [7, 11) is 4.65. The first-order chi connectivity index (χ1) is 17.5. The van der Waals surface area contributed by atoms with Crippen LogP contribution in [0.15, 0.2) is 29.9 Å². The van der Waals surface area contributed by atoms with E-state index < -0.39 is 0 Å². The molecule has 0 bridgehead atoms. The van der Waals surface area contributed by atoms with Gasteiger partial charge < -0.3 is 19.5 Å². The number of hydrogen-bond acceptors (Lipinski definition) is 9. The molecular weight excluding hydrogens is 498 g/mol. The third-order valence-electron chi connectivity index (χ3n) is 5.82. The molecule has 9 nitrogen and oxygen atoms in total. The van der Waals surface area contributed by atoms with Crippen LogP contribution in [0.3, 0.4) is 0 Å². The highest BCUT2D eigenvalue weighted by molar-refractivity contribution is 7.99. The van der Waals surface area contributed by atoms with Gasteiger partial charge in [-0.3, -0.25) is 9.36 Å². The second-order valence-electron chi connectivity index (χ2n) is 7.98. The molecule has 11 heteroatoms. The molecule has 0 radical (unpaired) electrons. The zero-order valence-electron chi connectivity index (χ0n) is 20.4. The van der Waals surface area contributed by atoms with Crippen molar-refractivity contribution in [2.24, 2.45) is 0 Å². The second-order valence-corrected chi connectivity index (χ2v) is 10.0. The number of allylic oxidation sites excluding steroid dienone is 1. The van der Waals surface area contributed by atoms with Crippen LogP contribution < -0.4 is 19.5 Å². The Morgan fingerprint density at radius 3 is 2.58 bits per heavy atom. The molecule has 188 valence electrons. The van der Waals surface area contributed by atoms with Gasteiger partial charge in [0.1, 0.15) is 11.1 Å². The fourth-order valence-corrected chi connectivity index (χ4v) is 6.18. The molecule has 0 unspecified atom stereocenters. The Morgan fingerprint density at radius 1 is 1.22 bits per heavy atom. The van der Waals surface area contributed by atoms with Crippen molar-refractivity contribution in [2.75, 3.05) is 32.4 Å². The summed E-state index contributed by atoms with van der Waals surface area (Å²) in [5.41, 5.74) is 2.42. The molecule has 1 amide bonds. The van der Waals surface area contributed by atoms with Crippen molar-refractivity contribution in [2.45, 2.75) is 37.4 Å². The summed E-state index contributed by atoms with van der Waals surface area (Å²) in [6.07, 6.45) is 5.80. The Balaban J connectivity index is 1.54. The zero-order valence-corrected chi connectivity index (χ0v) is 22.1. The Bertz CT molecular complexity index is 1300. The predicted molar refractivity (Wildman–Crippen MR) is 140 cm³/mol. The van der Waals surface area contributed by atoms with Gasteiger partial charge in [-0.15, -0.1) is 28.1 Å². The minimum atomic E-state index is -0.197. The van der Waals surface area contributed by atoms with Crippen LogP contribution in [0.1, 0.15) is 28.8 Å². The maximum Gasteiger partial charge on any atom is 0.235 e. The summed E-state index contributed by atoms with van der Waals surface area (Å²) in [5, 5.41) is 22.5. The molecule has 1 aliphatic carbocycles. The van der Waals surface area contributed by atoms with Gasteiger partial charge in [-0.1, -0.05) is 17.8 Å². The minimum absolute atomic E-state index is 0.123. The van der Waals surface area contributed by atoms with Crippen molar-refractivity contribution in [3.05, 3.63) is 40.8 Å². The normalized spacial score (nSPS) is 12.4. The molecule has 4 rings (SSSR count). The lowest BCUT2D eigenvalue weighted by Crippen LogP contribution is -2.14. The van der Waals surface area contributed by atoms with Gasteiger partial charge in [-0.25, -0.2) is 0 Å². The van der Waals surface area contributed by atoms with Crippen molar-refractivity contribution in [3.63, 3.8) is 0 Å². The predicted octanol–water partition coefficient (Wildman–Crippen LogP) is 4.70. The van der Waals surface area contributed by atoms with Gasteiger partial charge in [-0.2, -0.15) is 5.26 Å². The molecule has 36 heavy (non-hydrogen) atoms. The number of nitriles is 1. The van der Waals surface area contributed by atoms with Crippen molar-refractivity contribution in [1.82, 2.24) is 14.8 Å². The number of carbonyl (C=O) groups excluding carboxylic acids is 1. The van der Waals surface area contributed by atoms with E-state index in [-0.39, 0.29) is 11.7 Å². The van der Waals surface area contributed by atoms with Crippen molar-refractivity contribution < 1.29 is 19.0 Å². The van der Waals surface area contributed by atoms with Crippen molar-refractivity contribution >= 4 is 34.0 Å². The quantitative estimate of drug-likeness (QED) is 0.300. The van der Waals surface area contributed by atoms with Crippen molar-refractivity contribution in [1.29, 1.82) is 5.26 Å². The smallest absolute Gasteiger partial charge is 0.235 e. The average Bonchev–Trinajstić information content (AvgIpc) is 3.46. The lowest BCUT2D eigenvalue weighted by molar-refractivity contribution is -0.113. The molecule has 0 atom stereocenters. The number of carbonyl (C=O) groups is 1. The molecule has 1 N–H and O–H groups in total. The number of methoxy groups -OCH3 is 3. The van der Waals surface area contributed by atoms with Crippen LogP contribution in [0.4, 0.5) is 5.00 Å². The average molecular weight is 526 g/mol. The largest absolute Gasteiger partial charge is 0.493 e. The number of thiophene rings is 1. The SMILES string of the molecule is C=CCn1c(SCC(=O)Nc2sc3c(c2C#N)CCCC3)nnc1-c1cc(OC)c(OC)c(OC)c1. The van der Waals surface area contributed by atoms with Gasteiger partial charge in [0.25, 0.3) is 0 Å². The molecule has 0 saturated heterocycles. The molecular formula is C25H27N5O4S2. The molecule has 0 spiro atoms. The van der Waals surface area contributed by atoms with Crippen LogP contribution in [-0.2, 0) is 24.2 Å². The molecule has 1 aromatic carbocycles. The molecule has 0 aliphatic heterocycles. The first kappa shape index (κ1) is 25.6. The van der Waals surface area contributed by atoms with Crippen LogP contribution >= 0.6 is 23.1 Å². The van der Waals surface area contributed by atoms with Crippen LogP contribution in [0.25, 0.3) is 11.4 Å². The highest BCUT2D eigenvalue weighted by Gasteiger charge is 2.23. The van der Waals surface area contributed by atoms with Gasteiger partial charge in [0.2, 0.25) is 11.7 Å². The number of amides is 1. The van der Waals surface area contributed by atoms with E-state index in [4.69, 9.17) is 14.2 Å². The topological polar surface area (TPSA) is 111 Å². The Kier molecular flexibility index (Phi) is 8.18. The monoisotopic (exact) mass is 525 g/mol. The van der Waals surface area contributed by atoms with E-state index in [0.717, 1.165) is 36.8 Å². The maximum atomic E-state index is 12.8. The number of nitrogens with zero attached hydrogens (tertiary/aromatic N) is 4. The van der Waals surface area contributed by atoms with Crippen LogP contribution in [0, 0.1) is 11.3 Å². The van der Waals surface area contributed by atoms with Gasteiger partial charge in [0.05, 0.1) is 32.6 Å². The fourth-order valence-electron chi connectivity index (χ4n) is 4.18. The summed E-state index contributed by atoms with van der Waals surface area (Å²) in [6.45, 7) is 4.29. The number of aryl methyl sites for hydroxylation is 1. The summed E-state index contributed by atoms with van der Waals surface area (Å²) in [6, 6.07) is 5.88. The number of ether oxygens (including phenoxy) is 3. The summed E-state index contributed by atoms with van der Waals surface area (Å²) >= 11 is 2.78. The third kappa shape index (κ3) is 5.05. The first-order valence-corrected chi connectivity index (χ1v) is 13.2. The van der Waals surface area contributed by atoms with E-state index in [0.29, 0.717) is 45.3 Å². The number of rotatable bonds is 10. The first-order valence-electron chi connectivity index (χ1n) is 11.4. The van der Waals surface area contributed by atoms with E-state index in [1.807, 2.05) is 4.57 Å². The Morgan fingerprint density at radius 2 is 1.94 bits per heavy atom. The number of fused-ring (bicyclic) bond motifs is 1. The van der Waals surface area contributed by atoms with Gasteiger partial charge in [-0.05, 0) is 43.4 Å². The molecule has 2 heterocycles. The molecule has 3 aromatic rings. The highest BCUT2D eigenvalue weighted by atomic mass is 32.2. The third-order valence-corrected chi connectivity index (χ3v) is 7.99. The zero-order chi connectivity index (χ0) is 25.7. The fraction of sp³-hybridized carbons (Fsp3) is 0.360. The van der Waals surface area contributed by atoms with Crippen LogP contribution in [-0.4, -0.2) is 47.8 Å². The minimum Gasteiger partial charge on any atom is -0.493 e. The molecule has 0 fully saturated rings. The van der Waals surface area contributed by atoms with Gasteiger partial charge in [0, 0.05) is 17.0 Å². The maximum absolute atomic E-state index is 12.8. The summed E-state index contributed by atoms with van der Waals surface area (Å²) < 4.78 is 18.2. The van der Waals surface area contributed by atoms with Crippen molar-refractivity contribution in [3.8, 4) is 34.7 Å². The van der Waals surface area contributed by atoms with Gasteiger partial charge in [0.15, 0.2) is 22.5 Å². The van der Waals surface area contributed by atoms with Crippen LogP contribution in [0.5, 0.6) is 17.2 Å². The Labute approximate surface area is 218 Å². The van der Waals surface area contributed by atoms with E-state index in [9.17, 15) is 10.1 Å². The molecule has 0 saturated carbocycles. The lowest BCUT2D eigenvalue weighted by atomic mass is 9.96. The molecule has 2 aromatic heterocycles. The number of thioether (sulfide) groups is 1. The van der Waals surface area contributed by atoms with Crippen LogP contribution in [0.2, 0.25) is 0 Å². The lowest BCUT2D eigenvalue weighted by Gasteiger charge is -2.14. The highest BCUT2D eigenvalue weighted by Crippen LogP contribution is 2.41. The number of aromatic nitrogens is 3. The van der Waals surface area contributed by atoms with E-state index in [1.165, 1.54) is 28.0 Å². The van der Waals surface area contributed by atoms with E-state index >= 15 is 0 Å². The number of nitrogens with one attached hydrogen (secondary N) is 1. The second kappa shape index (κ2) is 11.5. The van der Waals surface area contributed by atoms with E-state index in [1.54, 1.807) is 39.5 Å². The number of benzene rings is 1. The Hall–Kier alpha value is -3.49. The standard InChI is InChI=1S/C25H27N5O4S2/c1-5-10-30-23(15-11-18(32-2)22(34-4)19(12-15)33-3)28-29-25(30)35-14-21(31)27-24-17(13-26)16-8-6-7-9-20(16)36-24/h5,11-12H,1,6-10,14H2,2-4H3,(H,27,31). The summed E-state index contributed by atoms with van der Waals surface area (Å²) in [4.78, 5) is 14.0. The van der Waals surface area contributed by atoms with Gasteiger partial charge >= 0.3 is 0 Å². The summed E-state index contributed by atoms with van der Waals surface area (Å²) in [5.74, 6) is 1.99. The van der Waals surface area contributed by atoms with E-state index in [2.05, 4.69) is 28.2 Å².